The third kappa shape index (κ3) is 3.69. The normalized spacial score (nSPS) is 20.1. The number of amides is 1. The number of nitrogens with zero attached hydrogens (tertiary/aromatic N) is 5. The average Bonchev–Trinajstić information content (AvgIpc) is 3.21. The number of piperidine rings is 1. The Hall–Kier alpha value is -2.46. The molecule has 2 aliphatic rings. The molecule has 30 heavy (non-hydrogen) atoms. The molecule has 0 aliphatic carbocycles. The van der Waals surface area contributed by atoms with Crippen LogP contribution in [0.5, 0.6) is 5.75 Å². The number of sulfonamides is 1. The lowest BCUT2D eigenvalue weighted by atomic mass is 10.0. The van der Waals surface area contributed by atoms with E-state index in [0.29, 0.717) is 31.1 Å². The van der Waals surface area contributed by atoms with Gasteiger partial charge in [0.1, 0.15) is 11.6 Å². The maximum Gasteiger partial charge on any atom is 0.243 e. The van der Waals surface area contributed by atoms with E-state index in [1.54, 1.807) is 18.2 Å². The lowest BCUT2D eigenvalue weighted by molar-refractivity contribution is -0.135. The highest BCUT2D eigenvalue weighted by Gasteiger charge is 2.35. The molecule has 0 bridgehead atoms. The maximum absolute atomic E-state index is 13.1. The molecule has 10 heteroatoms. The van der Waals surface area contributed by atoms with Gasteiger partial charge in [0.2, 0.25) is 15.9 Å². The van der Waals surface area contributed by atoms with Crippen LogP contribution in [0.4, 0.5) is 0 Å². The first-order valence-corrected chi connectivity index (χ1v) is 11.8. The molecule has 3 heterocycles. The molecular weight excluding hydrogens is 406 g/mol. The van der Waals surface area contributed by atoms with E-state index in [2.05, 4.69) is 10.2 Å². The van der Waals surface area contributed by atoms with Crippen LogP contribution in [-0.4, -0.2) is 58.5 Å². The summed E-state index contributed by atoms with van der Waals surface area (Å²) < 4.78 is 34.8. The van der Waals surface area contributed by atoms with Crippen molar-refractivity contribution in [3.8, 4) is 5.75 Å². The van der Waals surface area contributed by atoms with Crippen molar-refractivity contribution in [2.24, 2.45) is 0 Å². The summed E-state index contributed by atoms with van der Waals surface area (Å²) in [5.74, 6) is 1.99. The van der Waals surface area contributed by atoms with Gasteiger partial charge in [-0.3, -0.25) is 4.79 Å². The van der Waals surface area contributed by atoms with E-state index in [0.717, 1.165) is 31.6 Å². The zero-order chi connectivity index (χ0) is 21.3. The molecule has 2 aromatic rings. The minimum atomic E-state index is -3.67. The van der Waals surface area contributed by atoms with Crippen LogP contribution in [-0.2, 0) is 27.9 Å². The van der Waals surface area contributed by atoms with Crippen LogP contribution in [0.25, 0.3) is 0 Å². The van der Waals surface area contributed by atoms with Gasteiger partial charge in [0.25, 0.3) is 0 Å². The molecule has 0 N–H and O–H groups in total. The molecule has 1 atom stereocenters. The number of aromatic nitrogens is 3. The number of likely N-dealkylation sites (tertiary alicyclic amines) is 1. The van der Waals surface area contributed by atoms with Gasteiger partial charge >= 0.3 is 0 Å². The zero-order valence-electron chi connectivity index (χ0n) is 17.3. The van der Waals surface area contributed by atoms with E-state index in [9.17, 15) is 13.2 Å². The standard InChI is InChI=1S/C20H27N5O4S/c1-3-19(26)24-10-5-4-9-17(24)20-22-21-18-14-23(11-12-25(18)20)30(27,28)16-8-6-7-15(13-16)29-2/h6-8,13,17H,3-5,9-12,14H2,1-2H3. The number of carbonyl (C=O) groups excluding carboxylic acids is 1. The van der Waals surface area contributed by atoms with Crippen molar-refractivity contribution in [3.63, 3.8) is 0 Å². The second-order valence-corrected chi connectivity index (χ2v) is 9.53. The highest BCUT2D eigenvalue weighted by atomic mass is 32.2. The fourth-order valence-electron chi connectivity index (χ4n) is 4.22. The van der Waals surface area contributed by atoms with Gasteiger partial charge in [-0.1, -0.05) is 13.0 Å². The van der Waals surface area contributed by atoms with E-state index < -0.39 is 10.0 Å². The number of fused-ring (bicyclic) bond motifs is 1. The minimum absolute atomic E-state index is 0.0889. The van der Waals surface area contributed by atoms with Gasteiger partial charge in [-0.2, -0.15) is 4.31 Å². The Morgan fingerprint density at radius 2 is 2.03 bits per heavy atom. The van der Waals surface area contributed by atoms with Gasteiger partial charge in [0.05, 0.1) is 24.6 Å². The SMILES string of the molecule is CCC(=O)N1CCCCC1c1nnc2n1CCN(S(=O)(=O)c1cccc(OC)c1)C2. The molecule has 0 spiro atoms. The van der Waals surface area contributed by atoms with Gasteiger partial charge in [-0.05, 0) is 31.4 Å². The largest absolute Gasteiger partial charge is 0.497 e. The van der Waals surface area contributed by atoms with Gasteiger partial charge in [-0.25, -0.2) is 8.42 Å². The van der Waals surface area contributed by atoms with E-state index >= 15 is 0 Å². The lowest BCUT2D eigenvalue weighted by Gasteiger charge is -2.36. The van der Waals surface area contributed by atoms with Crippen molar-refractivity contribution in [2.75, 3.05) is 20.2 Å². The van der Waals surface area contributed by atoms with Crippen LogP contribution in [0.1, 0.15) is 50.3 Å². The predicted molar refractivity (Wildman–Crippen MR) is 109 cm³/mol. The van der Waals surface area contributed by atoms with Crippen molar-refractivity contribution in [3.05, 3.63) is 35.9 Å². The van der Waals surface area contributed by atoms with Gasteiger partial charge < -0.3 is 14.2 Å². The summed E-state index contributed by atoms with van der Waals surface area (Å²) >= 11 is 0. The molecule has 1 saturated heterocycles. The van der Waals surface area contributed by atoms with E-state index in [4.69, 9.17) is 4.74 Å². The third-order valence-electron chi connectivity index (χ3n) is 5.85. The van der Waals surface area contributed by atoms with E-state index in [-0.39, 0.29) is 23.4 Å². The van der Waals surface area contributed by atoms with Crippen LogP contribution in [0.3, 0.4) is 0 Å². The Labute approximate surface area is 176 Å². The van der Waals surface area contributed by atoms with Crippen LogP contribution < -0.4 is 4.74 Å². The topological polar surface area (TPSA) is 97.6 Å². The second-order valence-electron chi connectivity index (χ2n) is 7.60. The Morgan fingerprint density at radius 3 is 2.80 bits per heavy atom. The van der Waals surface area contributed by atoms with Crippen LogP contribution in [0.15, 0.2) is 29.2 Å². The molecule has 4 rings (SSSR count). The number of rotatable bonds is 5. The number of ether oxygens (including phenoxy) is 1. The molecular formula is C20H27N5O4S. The number of hydrogen-bond donors (Lipinski definition) is 0. The fraction of sp³-hybridized carbons (Fsp3) is 0.550. The number of methoxy groups -OCH3 is 1. The van der Waals surface area contributed by atoms with Crippen molar-refractivity contribution in [1.29, 1.82) is 0 Å². The highest BCUT2D eigenvalue weighted by molar-refractivity contribution is 7.89. The first-order chi connectivity index (χ1) is 14.5. The monoisotopic (exact) mass is 433 g/mol. The first kappa shape index (κ1) is 20.8. The summed E-state index contributed by atoms with van der Waals surface area (Å²) in [4.78, 5) is 14.5. The van der Waals surface area contributed by atoms with Gasteiger partial charge in [-0.15, -0.1) is 10.2 Å². The molecule has 9 nitrogen and oxygen atoms in total. The van der Waals surface area contributed by atoms with Crippen molar-refractivity contribution < 1.29 is 17.9 Å². The maximum atomic E-state index is 13.1. The predicted octanol–water partition coefficient (Wildman–Crippen LogP) is 1.95. The number of hydrogen-bond acceptors (Lipinski definition) is 6. The van der Waals surface area contributed by atoms with E-state index in [1.807, 2.05) is 16.4 Å². The van der Waals surface area contributed by atoms with Gasteiger partial charge in [0.15, 0.2) is 5.82 Å². The fourth-order valence-corrected chi connectivity index (χ4v) is 5.64. The molecule has 1 unspecified atom stereocenters. The van der Waals surface area contributed by atoms with Crippen molar-refractivity contribution >= 4 is 15.9 Å². The summed E-state index contributed by atoms with van der Waals surface area (Å²) in [6.45, 7) is 3.54. The summed E-state index contributed by atoms with van der Waals surface area (Å²) in [5, 5.41) is 8.67. The molecule has 0 radical (unpaired) electrons. The molecule has 1 amide bonds. The smallest absolute Gasteiger partial charge is 0.243 e. The summed E-state index contributed by atoms with van der Waals surface area (Å²) in [6.07, 6.45) is 3.35. The quantitative estimate of drug-likeness (QED) is 0.715. The van der Waals surface area contributed by atoms with Crippen LogP contribution >= 0.6 is 0 Å². The molecule has 2 aliphatic heterocycles. The lowest BCUT2D eigenvalue weighted by Crippen LogP contribution is -2.42. The van der Waals surface area contributed by atoms with E-state index in [1.165, 1.54) is 17.5 Å². The first-order valence-electron chi connectivity index (χ1n) is 10.3. The number of benzene rings is 1. The molecule has 1 aromatic carbocycles. The molecule has 1 fully saturated rings. The Balaban J connectivity index is 1.59. The third-order valence-corrected chi connectivity index (χ3v) is 7.69. The zero-order valence-corrected chi connectivity index (χ0v) is 18.1. The Morgan fingerprint density at radius 1 is 1.20 bits per heavy atom. The van der Waals surface area contributed by atoms with Gasteiger partial charge in [0, 0.05) is 32.1 Å². The molecule has 162 valence electrons. The van der Waals surface area contributed by atoms with Crippen LogP contribution in [0, 0.1) is 0 Å². The second kappa shape index (κ2) is 8.35. The summed E-state index contributed by atoms with van der Waals surface area (Å²) in [7, 11) is -2.17. The minimum Gasteiger partial charge on any atom is -0.497 e. The Bertz CT molecular complexity index is 1040. The Kier molecular flexibility index (Phi) is 5.79. The van der Waals surface area contributed by atoms with Crippen LogP contribution in [0.2, 0.25) is 0 Å². The molecule has 1 aromatic heterocycles. The average molecular weight is 434 g/mol. The molecule has 0 saturated carbocycles. The summed E-state index contributed by atoms with van der Waals surface area (Å²) in [6, 6.07) is 6.38. The number of carbonyl (C=O) groups is 1. The van der Waals surface area contributed by atoms with Crippen molar-refractivity contribution in [1.82, 2.24) is 24.0 Å². The highest BCUT2D eigenvalue weighted by Crippen LogP contribution is 2.32. The van der Waals surface area contributed by atoms with Crippen molar-refractivity contribution in [2.45, 2.75) is 56.6 Å². The summed E-state index contributed by atoms with van der Waals surface area (Å²) in [5.41, 5.74) is 0.